The summed E-state index contributed by atoms with van der Waals surface area (Å²) in [5.74, 6) is 1.89. The lowest BCUT2D eigenvalue weighted by molar-refractivity contribution is -0.118. The van der Waals surface area contributed by atoms with Gasteiger partial charge >= 0.3 is 0 Å². The average molecular weight is 302 g/mol. The highest BCUT2D eigenvalue weighted by Crippen LogP contribution is 2.34. The Hall–Kier alpha value is -1.75. The SMILES string of the molecule is Cc1noc(C)c1CC(=O)N1CCCSc2ccccc21. The average Bonchev–Trinajstić information content (AvgIpc) is 2.70. The number of benzene rings is 1. The molecule has 1 aromatic heterocycles. The topological polar surface area (TPSA) is 46.3 Å². The summed E-state index contributed by atoms with van der Waals surface area (Å²) in [7, 11) is 0. The number of aromatic nitrogens is 1. The quantitative estimate of drug-likeness (QED) is 0.853. The molecule has 1 aliphatic heterocycles. The Bertz CT molecular complexity index is 647. The van der Waals surface area contributed by atoms with Gasteiger partial charge in [-0.2, -0.15) is 0 Å². The number of hydrogen-bond acceptors (Lipinski definition) is 4. The molecule has 0 atom stereocenters. The number of hydrogen-bond donors (Lipinski definition) is 0. The highest BCUT2D eigenvalue weighted by Gasteiger charge is 2.23. The Balaban J connectivity index is 1.88. The van der Waals surface area contributed by atoms with E-state index in [1.165, 1.54) is 4.90 Å². The fourth-order valence-corrected chi connectivity index (χ4v) is 3.58. The summed E-state index contributed by atoms with van der Waals surface area (Å²) < 4.78 is 5.15. The first kappa shape index (κ1) is 14.2. The third kappa shape index (κ3) is 2.83. The fourth-order valence-electron chi connectivity index (χ4n) is 2.59. The van der Waals surface area contributed by atoms with Crippen molar-refractivity contribution in [2.75, 3.05) is 17.2 Å². The number of para-hydroxylation sites is 1. The minimum Gasteiger partial charge on any atom is -0.361 e. The maximum atomic E-state index is 12.7. The molecule has 4 nitrogen and oxygen atoms in total. The van der Waals surface area contributed by atoms with E-state index in [4.69, 9.17) is 4.52 Å². The molecule has 0 bridgehead atoms. The first-order valence-corrected chi connectivity index (χ1v) is 8.09. The maximum absolute atomic E-state index is 12.7. The van der Waals surface area contributed by atoms with Crippen molar-refractivity contribution >= 4 is 23.4 Å². The second kappa shape index (κ2) is 5.93. The summed E-state index contributed by atoms with van der Waals surface area (Å²) in [5, 5.41) is 3.93. The summed E-state index contributed by atoms with van der Waals surface area (Å²) in [6.07, 6.45) is 1.35. The summed E-state index contributed by atoms with van der Waals surface area (Å²) in [5.41, 5.74) is 2.74. The van der Waals surface area contributed by atoms with Gasteiger partial charge in [-0.1, -0.05) is 17.3 Å². The van der Waals surface area contributed by atoms with Crippen molar-refractivity contribution in [1.29, 1.82) is 0 Å². The third-order valence-electron chi connectivity index (χ3n) is 3.75. The van der Waals surface area contributed by atoms with Gasteiger partial charge < -0.3 is 9.42 Å². The molecule has 0 radical (unpaired) electrons. The summed E-state index contributed by atoms with van der Waals surface area (Å²) in [6, 6.07) is 8.12. The molecule has 1 amide bonds. The van der Waals surface area contributed by atoms with Crippen LogP contribution in [0.2, 0.25) is 0 Å². The molecule has 5 heteroatoms. The van der Waals surface area contributed by atoms with E-state index >= 15 is 0 Å². The zero-order valence-electron chi connectivity index (χ0n) is 12.3. The molecular formula is C16H18N2O2S. The predicted octanol–water partition coefficient (Wildman–Crippen LogP) is 3.36. The van der Waals surface area contributed by atoms with Crippen LogP contribution in [0.1, 0.15) is 23.4 Å². The lowest BCUT2D eigenvalue weighted by Gasteiger charge is -2.22. The zero-order chi connectivity index (χ0) is 14.8. The van der Waals surface area contributed by atoms with Crippen LogP contribution in [-0.4, -0.2) is 23.4 Å². The molecule has 2 heterocycles. The molecule has 0 saturated carbocycles. The van der Waals surface area contributed by atoms with Crippen molar-refractivity contribution in [2.24, 2.45) is 0 Å². The Kier molecular flexibility index (Phi) is 4.01. The van der Waals surface area contributed by atoms with E-state index in [0.717, 1.165) is 41.4 Å². The van der Waals surface area contributed by atoms with Crippen LogP contribution in [0, 0.1) is 13.8 Å². The monoisotopic (exact) mass is 302 g/mol. The number of carbonyl (C=O) groups is 1. The lowest BCUT2D eigenvalue weighted by Crippen LogP contribution is -2.33. The van der Waals surface area contributed by atoms with E-state index in [1.54, 1.807) is 0 Å². The molecule has 0 N–H and O–H groups in total. The third-order valence-corrected chi connectivity index (χ3v) is 4.90. The Morgan fingerprint density at radius 1 is 1.38 bits per heavy atom. The van der Waals surface area contributed by atoms with Crippen molar-refractivity contribution < 1.29 is 9.32 Å². The number of aryl methyl sites for hydroxylation is 2. The molecule has 0 spiro atoms. The summed E-state index contributed by atoms with van der Waals surface area (Å²) in [4.78, 5) is 15.8. The van der Waals surface area contributed by atoms with Crippen LogP contribution in [-0.2, 0) is 11.2 Å². The highest BCUT2D eigenvalue weighted by molar-refractivity contribution is 7.99. The number of nitrogens with zero attached hydrogens (tertiary/aromatic N) is 2. The van der Waals surface area contributed by atoms with Gasteiger partial charge in [-0.15, -0.1) is 11.8 Å². The molecule has 0 fully saturated rings. The van der Waals surface area contributed by atoms with E-state index in [-0.39, 0.29) is 5.91 Å². The maximum Gasteiger partial charge on any atom is 0.231 e. The highest BCUT2D eigenvalue weighted by atomic mass is 32.2. The van der Waals surface area contributed by atoms with Crippen molar-refractivity contribution in [3.05, 3.63) is 41.3 Å². The van der Waals surface area contributed by atoms with Gasteiger partial charge in [0.1, 0.15) is 5.76 Å². The van der Waals surface area contributed by atoms with E-state index in [9.17, 15) is 4.79 Å². The molecule has 0 saturated heterocycles. The van der Waals surface area contributed by atoms with Crippen molar-refractivity contribution in [3.63, 3.8) is 0 Å². The smallest absolute Gasteiger partial charge is 0.231 e. The van der Waals surface area contributed by atoms with Crippen LogP contribution in [0.4, 0.5) is 5.69 Å². The van der Waals surface area contributed by atoms with Gasteiger partial charge in [0.05, 0.1) is 17.8 Å². The van der Waals surface area contributed by atoms with Gasteiger partial charge in [0, 0.05) is 17.0 Å². The van der Waals surface area contributed by atoms with Gasteiger partial charge in [0.25, 0.3) is 0 Å². The molecule has 1 aliphatic rings. The molecular weight excluding hydrogens is 284 g/mol. The van der Waals surface area contributed by atoms with Crippen molar-refractivity contribution in [1.82, 2.24) is 5.16 Å². The summed E-state index contributed by atoms with van der Waals surface area (Å²) >= 11 is 1.82. The van der Waals surface area contributed by atoms with Crippen LogP contribution in [0.5, 0.6) is 0 Å². The first-order chi connectivity index (χ1) is 10.2. The fraction of sp³-hybridized carbons (Fsp3) is 0.375. The van der Waals surface area contributed by atoms with Gasteiger partial charge in [-0.05, 0) is 38.2 Å². The zero-order valence-corrected chi connectivity index (χ0v) is 13.1. The second-order valence-corrected chi connectivity index (χ2v) is 6.33. The minimum atomic E-state index is 0.111. The van der Waals surface area contributed by atoms with E-state index < -0.39 is 0 Å². The first-order valence-electron chi connectivity index (χ1n) is 7.11. The van der Waals surface area contributed by atoms with Crippen LogP contribution >= 0.6 is 11.8 Å². The van der Waals surface area contributed by atoms with Gasteiger partial charge in [-0.3, -0.25) is 4.79 Å². The van der Waals surface area contributed by atoms with E-state index in [1.807, 2.05) is 48.7 Å². The van der Waals surface area contributed by atoms with Gasteiger partial charge in [0.2, 0.25) is 5.91 Å². The molecule has 110 valence electrons. The number of amides is 1. The largest absolute Gasteiger partial charge is 0.361 e. The predicted molar refractivity (Wildman–Crippen MR) is 83.8 cm³/mol. The number of fused-ring (bicyclic) bond motifs is 1. The number of carbonyl (C=O) groups excluding carboxylic acids is 1. The standard InChI is InChI=1S/C16H18N2O2S/c1-11-13(12(2)20-17-11)10-16(19)18-8-5-9-21-15-7-4-3-6-14(15)18/h3-4,6-7H,5,8-10H2,1-2H3. The Labute approximate surface area is 128 Å². The van der Waals surface area contributed by atoms with E-state index in [2.05, 4.69) is 11.2 Å². The Morgan fingerprint density at radius 2 is 2.19 bits per heavy atom. The number of anilines is 1. The van der Waals surface area contributed by atoms with Crippen LogP contribution in [0.25, 0.3) is 0 Å². The number of thioether (sulfide) groups is 1. The van der Waals surface area contributed by atoms with E-state index in [0.29, 0.717) is 6.42 Å². The molecule has 0 unspecified atom stereocenters. The minimum absolute atomic E-state index is 0.111. The van der Waals surface area contributed by atoms with Crippen LogP contribution < -0.4 is 4.90 Å². The molecule has 2 aromatic rings. The molecule has 1 aromatic carbocycles. The van der Waals surface area contributed by atoms with Crippen molar-refractivity contribution in [3.8, 4) is 0 Å². The summed E-state index contributed by atoms with van der Waals surface area (Å²) in [6.45, 7) is 4.51. The van der Waals surface area contributed by atoms with Crippen LogP contribution in [0.3, 0.4) is 0 Å². The lowest BCUT2D eigenvalue weighted by atomic mass is 10.1. The molecule has 0 aliphatic carbocycles. The second-order valence-electron chi connectivity index (χ2n) is 5.19. The normalized spacial score (nSPS) is 14.7. The van der Waals surface area contributed by atoms with Crippen LogP contribution in [0.15, 0.2) is 33.7 Å². The van der Waals surface area contributed by atoms with Gasteiger partial charge in [-0.25, -0.2) is 0 Å². The Morgan fingerprint density at radius 3 is 2.95 bits per heavy atom. The molecule has 3 rings (SSSR count). The van der Waals surface area contributed by atoms with Crippen molar-refractivity contribution in [2.45, 2.75) is 31.6 Å². The van der Waals surface area contributed by atoms with Gasteiger partial charge in [0.15, 0.2) is 0 Å². The number of rotatable bonds is 2. The molecule has 21 heavy (non-hydrogen) atoms.